The summed E-state index contributed by atoms with van der Waals surface area (Å²) in [5, 5.41) is 16.6. The van der Waals surface area contributed by atoms with Gasteiger partial charge in [0.2, 0.25) is 0 Å². The standard InChI is InChI=1S/C14H21ClN4O2/c15-12-8-16-17-13(12)14(21)18-6-3-10(4-7-18)19-5-1-2-11(20)9-19/h8,10-11,20H,1-7,9H2,(H,16,17)/t11-/m0/s1. The molecule has 0 aliphatic carbocycles. The lowest BCUT2D eigenvalue weighted by Gasteiger charge is -2.41. The number of rotatable bonds is 2. The van der Waals surface area contributed by atoms with Crippen LogP contribution in [-0.2, 0) is 0 Å². The number of halogens is 1. The third kappa shape index (κ3) is 3.22. The highest BCUT2D eigenvalue weighted by Gasteiger charge is 2.30. The van der Waals surface area contributed by atoms with Crippen molar-refractivity contribution in [2.45, 2.75) is 37.8 Å². The van der Waals surface area contributed by atoms with Gasteiger partial charge in [-0.25, -0.2) is 0 Å². The maximum Gasteiger partial charge on any atom is 0.273 e. The van der Waals surface area contributed by atoms with Crippen molar-refractivity contribution in [3.63, 3.8) is 0 Å². The van der Waals surface area contributed by atoms with Crippen LogP contribution in [0, 0.1) is 0 Å². The van der Waals surface area contributed by atoms with Crippen molar-refractivity contribution in [2.75, 3.05) is 26.2 Å². The van der Waals surface area contributed by atoms with Gasteiger partial charge in [-0.15, -0.1) is 0 Å². The summed E-state index contributed by atoms with van der Waals surface area (Å²) in [6, 6.07) is 0.473. The summed E-state index contributed by atoms with van der Waals surface area (Å²) in [6.45, 7) is 3.28. The minimum Gasteiger partial charge on any atom is -0.392 e. The molecule has 1 aromatic rings. The number of nitrogens with one attached hydrogen (secondary N) is 1. The predicted molar refractivity (Wildman–Crippen MR) is 79.3 cm³/mol. The fourth-order valence-electron chi connectivity index (χ4n) is 3.33. The number of aliphatic hydroxyl groups is 1. The topological polar surface area (TPSA) is 72.5 Å². The number of β-amino-alcohol motifs (C(OH)–C–C–N with tert-alkyl or cyclic N) is 1. The number of H-pyrrole nitrogens is 1. The maximum absolute atomic E-state index is 12.3. The van der Waals surface area contributed by atoms with Crippen molar-refractivity contribution in [3.05, 3.63) is 16.9 Å². The van der Waals surface area contributed by atoms with E-state index in [0.29, 0.717) is 16.8 Å². The van der Waals surface area contributed by atoms with Crippen molar-refractivity contribution in [1.29, 1.82) is 0 Å². The van der Waals surface area contributed by atoms with Gasteiger partial charge in [0.1, 0.15) is 5.69 Å². The first-order chi connectivity index (χ1) is 10.1. The van der Waals surface area contributed by atoms with Crippen molar-refractivity contribution < 1.29 is 9.90 Å². The van der Waals surface area contributed by atoms with E-state index in [9.17, 15) is 9.90 Å². The fraction of sp³-hybridized carbons (Fsp3) is 0.714. The number of amides is 1. The second kappa shape index (κ2) is 6.34. The lowest BCUT2D eigenvalue weighted by atomic mass is 9.99. The Labute approximate surface area is 129 Å². The van der Waals surface area contributed by atoms with E-state index in [1.807, 2.05) is 4.90 Å². The fourth-order valence-corrected chi connectivity index (χ4v) is 3.50. The van der Waals surface area contributed by atoms with Crippen LogP contribution in [0.15, 0.2) is 6.20 Å². The number of aromatic amines is 1. The van der Waals surface area contributed by atoms with Gasteiger partial charge in [-0.05, 0) is 32.2 Å². The first-order valence-electron chi connectivity index (χ1n) is 7.55. The summed E-state index contributed by atoms with van der Waals surface area (Å²) >= 11 is 5.94. The first kappa shape index (κ1) is 14.8. The number of hydrogen-bond acceptors (Lipinski definition) is 4. The number of nitrogens with zero attached hydrogens (tertiary/aromatic N) is 3. The number of carbonyl (C=O) groups excluding carboxylic acids is 1. The average Bonchev–Trinajstić information content (AvgIpc) is 2.93. The van der Waals surface area contributed by atoms with Crippen LogP contribution in [0.5, 0.6) is 0 Å². The minimum absolute atomic E-state index is 0.0744. The molecule has 0 spiro atoms. The molecule has 1 aromatic heterocycles. The third-order valence-electron chi connectivity index (χ3n) is 4.50. The zero-order valence-corrected chi connectivity index (χ0v) is 12.7. The minimum atomic E-state index is -0.192. The Kier molecular flexibility index (Phi) is 4.47. The monoisotopic (exact) mass is 312 g/mol. The first-order valence-corrected chi connectivity index (χ1v) is 7.93. The molecule has 0 aromatic carbocycles. The summed E-state index contributed by atoms with van der Waals surface area (Å²) < 4.78 is 0. The molecule has 21 heavy (non-hydrogen) atoms. The number of aromatic nitrogens is 2. The SMILES string of the molecule is O=C(c1[nH]ncc1Cl)N1CCC(N2CCC[C@H](O)C2)CC1. The summed E-state index contributed by atoms with van der Waals surface area (Å²) in [5.41, 5.74) is 0.378. The molecule has 116 valence electrons. The Bertz CT molecular complexity index is 499. The molecule has 6 nitrogen and oxygen atoms in total. The summed E-state index contributed by atoms with van der Waals surface area (Å²) in [7, 11) is 0. The predicted octanol–water partition coefficient (Wildman–Crippen LogP) is 1.12. The van der Waals surface area contributed by atoms with Crippen LogP contribution < -0.4 is 0 Å². The maximum atomic E-state index is 12.3. The number of piperidine rings is 2. The molecule has 0 saturated carbocycles. The third-order valence-corrected chi connectivity index (χ3v) is 4.79. The molecule has 0 unspecified atom stereocenters. The number of hydrogen-bond donors (Lipinski definition) is 2. The zero-order valence-electron chi connectivity index (χ0n) is 12.0. The molecule has 2 aliphatic rings. The molecular formula is C14H21ClN4O2. The van der Waals surface area contributed by atoms with Crippen LogP contribution in [0.2, 0.25) is 5.02 Å². The summed E-state index contributed by atoms with van der Waals surface area (Å²) in [5.74, 6) is -0.0744. The van der Waals surface area contributed by atoms with Crippen LogP contribution in [-0.4, -0.2) is 69.3 Å². The van der Waals surface area contributed by atoms with Crippen molar-refractivity contribution in [2.24, 2.45) is 0 Å². The molecule has 3 heterocycles. The van der Waals surface area contributed by atoms with Gasteiger partial charge in [0.25, 0.3) is 5.91 Å². The zero-order chi connectivity index (χ0) is 14.8. The summed E-state index contributed by atoms with van der Waals surface area (Å²) in [6.07, 6.45) is 5.13. The van der Waals surface area contributed by atoms with Crippen LogP contribution in [0.1, 0.15) is 36.2 Å². The Hall–Kier alpha value is -1.11. The van der Waals surface area contributed by atoms with E-state index < -0.39 is 0 Å². The second-order valence-corrected chi connectivity index (χ2v) is 6.31. The Morgan fingerprint density at radius 1 is 1.33 bits per heavy atom. The molecule has 0 bridgehead atoms. The van der Waals surface area contributed by atoms with E-state index in [0.717, 1.165) is 51.9 Å². The smallest absolute Gasteiger partial charge is 0.273 e. The molecule has 2 N–H and O–H groups in total. The van der Waals surface area contributed by atoms with Gasteiger partial charge < -0.3 is 10.0 Å². The second-order valence-electron chi connectivity index (χ2n) is 5.91. The lowest BCUT2D eigenvalue weighted by Crippen LogP contribution is -2.50. The number of likely N-dealkylation sites (tertiary alicyclic amines) is 2. The van der Waals surface area contributed by atoms with Gasteiger partial charge in [-0.1, -0.05) is 11.6 Å². The summed E-state index contributed by atoms with van der Waals surface area (Å²) in [4.78, 5) is 16.5. The van der Waals surface area contributed by atoms with Gasteiger partial charge in [0.15, 0.2) is 0 Å². The van der Waals surface area contributed by atoms with Crippen LogP contribution in [0.4, 0.5) is 0 Å². The van der Waals surface area contributed by atoms with Gasteiger partial charge in [-0.3, -0.25) is 14.8 Å². The molecule has 2 saturated heterocycles. The molecular weight excluding hydrogens is 292 g/mol. The van der Waals surface area contributed by atoms with Crippen molar-refractivity contribution >= 4 is 17.5 Å². The van der Waals surface area contributed by atoms with Crippen LogP contribution in [0.3, 0.4) is 0 Å². The van der Waals surface area contributed by atoms with Crippen molar-refractivity contribution in [3.8, 4) is 0 Å². The number of aliphatic hydroxyl groups excluding tert-OH is 1. The van der Waals surface area contributed by atoms with E-state index in [4.69, 9.17) is 11.6 Å². The molecule has 1 atom stereocenters. The molecule has 2 aliphatic heterocycles. The Balaban J connectivity index is 1.55. The molecule has 0 radical (unpaired) electrons. The quantitative estimate of drug-likeness (QED) is 0.858. The molecule has 2 fully saturated rings. The van der Waals surface area contributed by atoms with Gasteiger partial charge in [0.05, 0.1) is 17.3 Å². The normalized spacial score (nSPS) is 25.2. The van der Waals surface area contributed by atoms with Crippen LogP contribution in [0.25, 0.3) is 0 Å². The van der Waals surface area contributed by atoms with Gasteiger partial charge >= 0.3 is 0 Å². The highest BCUT2D eigenvalue weighted by molar-refractivity contribution is 6.33. The van der Waals surface area contributed by atoms with Crippen molar-refractivity contribution in [1.82, 2.24) is 20.0 Å². The molecule has 3 rings (SSSR count). The number of carbonyl (C=O) groups is 1. The molecule has 7 heteroatoms. The van der Waals surface area contributed by atoms with Gasteiger partial charge in [0, 0.05) is 25.7 Å². The lowest BCUT2D eigenvalue weighted by molar-refractivity contribution is 0.0239. The van der Waals surface area contributed by atoms with E-state index in [-0.39, 0.29) is 12.0 Å². The van der Waals surface area contributed by atoms with E-state index in [2.05, 4.69) is 15.1 Å². The van der Waals surface area contributed by atoms with E-state index in [1.165, 1.54) is 6.20 Å². The van der Waals surface area contributed by atoms with E-state index >= 15 is 0 Å². The highest BCUT2D eigenvalue weighted by atomic mass is 35.5. The largest absolute Gasteiger partial charge is 0.392 e. The van der Waals surface area contributed by atoms with Crippen LogP contribution >= 0.6 is 11.6 Å². The average molecular weight is 313 g/mol. The molecule has 1 amide bonds. The Morgan fingerprint density at radius 2 is 2.10 bits per heavy atom. The van der Waals surface area contributed by atoms with Gasteiger partial charge in [-0.2, -0.15) is 5.10 Å². The van der Waals surface area contributed by atoms with E-state index in [1.54, 1.807) is 0 Å². The highest BCUT2D eigenvalue weighted by Crippen LogP contribution is 2.23. The Morgan fingerprint density at radius 3 is 2.71 bits per heavy atom.